The summed E-state index contributed by atoms with van der Waals surface area (Å²) in [6, 6.07) is 4.17. The van der Waals surface area contributed by atoms with Crippen LogP contribution >= 0.6 is 0 Å². The van der Waals surface area contributed by atoms with Crippen molar-refractivity contribution in [3.05, 3.63) is 35.2 Å². The fraction of sp³-hybridized carbons (Fsp3) is 0.400. The van der Waals surface area contributed by atoms with E-state index in [0.717, 1.165) is 5.82 Å². The number of hydrogen-bond acceptors (Lipinski definition) is 3. The van der Waals surface area contributed by atoms with Crippen LogP contribution in [-0.2, 0) is 6.54 Å². The average Bonchev–Trinajstić information content (AvgIpc) is 2.67. The molecular formula is C10H13N3O. The number of rotatable bonds is 2. The largest absolute Gasteiger partial charge is 0.341 e. The van der Waals surface area contributed by atoms with Gasteiger partial charge in [-0.1, -0.05) is 5.16 Å². The number of aryl methyl sites for hydroxylation is 3. The first kappa shape index (κ1) is 8.99. The van der Waals surface area contributed by atoms with Crippen molar-refractivity contribution in [3.8, 4) is 0 Å². The van der Waals surface area contributed by atoms with Gasteiger partial charge in [-0.25, -0.2) is 0 Å². The predicted molar refractivity (Wildman–Crippen MR) is 52.0 cm³/mol. The Morgan fingerprint density at radius 2 is 1.86 bits per heavy atom. The van der Waals surface area contributed by atoms with Crippen LogP contribution in [0.3, 0.4) is 0 Å². The van der Waals surface area contributed by atoms with E-state index in [9.17, 15) is 0 Å². The number of aromatic nitrogens is 3. The molecule has 0 saturated heterocycles. The first-order chi connectivity index (χ1) is 6.66. The highest BCUT2D eigenvalue weighted by Gasteiger charge is 2.06. The van der Waals surface area contributed by atoms with Crippen molar-refractivity contribution < 1.29 is 4.52 Å². The standard InChI is InChI=1S/C10H13N3O/c1-7-4-5-8(2)13(7)6-10-11-9(3)14-12-10/h4-5H,6H2,1-3H3. The molecule has 0 spiro atoms. The Balaban J connectivity index is 2.26. The van der Waals surface area contributed by atoms with Crippen molar-refractivity contribution in [1.82, 2.24) is 14.7 Å². The van der Waals surface area contributed by atoms with Crippen molar-refractivity contribution in [3.63, 3.8) is 0 Å². The van der Waals surface area contributed by atoms with Gasteiger partial charge in [-0.2, -0.15) is 4.98 Å². The Morgan fingerprint density at radius 1 is 1.21 bits per heavy atom. The smallest absolute Gasteiger partial charge is 0.223 e. The third-order valence-corrected chi connectivity index (χ3v) is 2.29. The zero-order valence-electron chi connectivity index (χ0n) is 8.61. The molecule has 2 heterocycles. The third kappa shape index (κ3) is 1.55. The van der Waals surface area contributed by atoms with Crippen molar-refractivity contribution in [1.29, 1.82) is 0 Å². The molecule has 2 rings (SSSR count). The highest BCUT2D eigenvalue weighted by atomic mass is 16.5. The van der Waals surface area contributed by atoms with Gasteiger partial charge in [0.2, 0.25) is 5.89 Å². The van der Waals surface area contributed by atoms with Crippen LogP contribution in [0.5, 0.6) is 0 Å². The zero-order chi connectivity index (χ0) is 10.1. The highest BCUT2D eigenvalue weighted by molar-refractivity contribution is 5.14. The van der Waals surface area contributed by atoms with Gasteiger partial charge in [0.25, 0.3) is 0 Å². The topological polar surface area (TPSA) is 43.9 Å². The summed E-state index contributed by atoms with van der Waals surface area (Å²) in [5, 5.41) is 3.87. The molecule has 0 N–H and O–H groups in total. The third-order valence-electron chi connectivity index (χ3n) is 2.29. The van der Waals surface area contributed by atoms with Crippen LogP contribution in [0.4, 0.5) is 0 Å². The quantitative estimate of drug-likeness (QED) is 0.727. The second-order valence-electron chi connectivity index (χ2n) is 3.43. The van der Waals surface area contributed by atoms with Gasteiger partial charge >= 0.3 is 0 Å². The minimum atomic E-state index is 0.613. The Bertz CT molecular complexity index is 422. The van der Waals surface area contributed by atoms with Crippen molar-refractivity contribution >= 4 is 0 Å². The first-order valence-electron chi connectivity index (χ1n) is 4.59. The molecule has 4 heteroatoms. The summed E-state index contributed by atoms with van der Waals surface area (Å²) in [4.78, 5) is 4.17. The van der Waals surface area contributed by atoms with Crippen LogP contribution < -0.4 is 0 Å². The van der Waals surface area contributed by atoms with Gasteiger partial charge < -0.3 is 9.09 Å². The molecule has 0 aliphatic heterocycles. The summed E-state index contributed by atoms with van der Waals surface area (Å²) < 4.78 is 7.08. The lowest BCUT2D eigenvalue weighted by atomic mass is 10.5. The molecule has 0 atom stereocenters. The summed E-state index contributed by atoms with van der Waals surface area (Å²) in [7, 11) is 0. The van der Waals surface area contributed by atoms with Crippen LogP contribution in [0.1, 0.15) is 23.1 Å². The number of hydrogen-bond donors (Lipinski definition) is 0. The Kier molecular flexibility index (Phi) is 2.11. The van der Waals surface area contributed by atoms with E-state index in [-0.39, 0.29) is 0 Å². The molecule has 0 saturated carbocycles. The van der Waals surface area contributed by atoms with E-state index in [1.807, 2.05) is 0 Å². The molecule has 0 aromatic carbocycles. The second kappa shape index (κ2) is 3.29. The zero-order valence-corrected chi connectivity index (χ0v) is 8.61. The van der Waals surface area contributed by atoms with Crippen LogP contribution in [0, 0.1) is 20.8 Å². The summed E-state index contributed by atoms with van der Waals surface area (Å²) in [5.74, 6) is 1.34. The molecule has 2 aromatic rings. The van der Waals surface area contributed by atoms with Crippen molar-refractivity contribution in [2.45, 2.75) is 27.3 Å². The summed E-state index contributed by atoms with van der Waals surface area (Å²) in [6.07, 6.45) is 0. The predicted octanol–water partition coefficient (Wildman–Crippen LogP) is 1.84. The monoisotopic (exact) mass is 191 g/mol. The first-order valence-corrected chi connectivity index (χ1v) is 4.59. The maximum Gasteiger partial charge on any atom is 0.223 e. The lowest BCUT2D eigenvalue weighted by Gasteiger charge is -2.04. The van der Waals surface area contributed by atoms with Gasteiger partial charge in [-0.05, 0) is 26.0 Å². The molecule has 0 aliphatic rings. The number of nitrogens with zero attached hydrogens (tertiary/aromatic N) is 3. The van der Waals surface area contributed by atoms with Crippen LogP contribution in [0.25, 0.3) is 0 Å². The average molecular weight is 191 g/mol. The molecule has 74 valence electrons. The Hall–Kier alpha value is -1.58. The summed E-state index contributed by atoms with van der Waals surface area (Å²) in [6.45, 7) is 6.62. The summed E-state index contributed by atoms with van der Waals surface area (Å²) in [5.41, 5.74) is 2.43. The SMILES string of the molecule is Cc1nc(Cn2c(C)ccc2C)no1. The van der Waals surface area contributed by atoms with Gasteiger partial charge in [0, 0.05) is 18.3 Å². The second-order valence-corrected chi connectivity index (χ2v) is 3.43. The molecule has 4 nitrogen and oxygen atoms in total. The maximum atomic E-state index is 4.92. The van der Waals surface area contributed by atoms with Gasteiger partial charge in [0.05, 0.1) is 6.54 Å². The molecule has 2 aromatic heterocycles. The minimum Gasteiger partial charge on any atom is -0.341 e. The Morgan fingerprint density at radius 3 is 2.36 bits per heavy atom. The van der Waals surface area contributed by atoms with Gasteiger partial charge in [0.1, 0.15) is 0 Å². The van der Waals surface area contributed by atoms with Crippen LogP contribution in [0.15, 0.2) is 16.7 Å². The van der Waals surface area contributed by atoms with E-state index in [1.165, 1.54) is 11.4 Å². The molecule has 0 amide bonds. The molecular weight excluding hydrogens is 178 g/mol. The van der Waals surface area contributed by atoms with Crippen LogP contribution in [0.2, 0.25) is 0 Å². The summed E-state index contributed by atoms with van der Waals surface area (Å²) >= 11 is 0. The van der Waals surface area contributed by atoms with Gasteiger partial charge in [-0.15, -0.1) is 0 Å². The molecule has 0 unspecified atom stereocenters. The Labute approximate surface area is 82.6 Å². The fourth-order valence-corrected chi connectivity index (χ4v) is 1.50. The van der Waals surface area contributed by atoms with Crippen molar-refractivity contribution in [2.24, 2.45) is 0 Å². The van der Waals surface area contributed by atoms with E-state index in [0.29, 0.717) is 12.4 Å². The minimum absolute atomic E-state index is 0.613. The van der Waals surface area contributed by atoms with Gasteiger partial charge in [-0.3, -0.25) is 0 Å². The van der Waals surface area contributed by atoms with Gasteiger partial charge in [0.15, 0.2) is 5.82 Å². The van der Waals surface area contributed by atoms with E-state index < -0.39 is 0 Å². The maximum absolute atomic E-state index is 4.92. The van der Waals surface area contributed by atoms with E-state index in [1.54, 1.807) is 6.92 Å². The van der Waals surface area contributed by atoms with Crippen molar-refractivity contribution in [2.75, 3.05) is 0 Å². The van der Waals surface area contributed by atoms with E-state index >= 15 is 0 Å². The van der Waals surface area contributed by atoms with Crippen LogP contribution in [-0.4, -0.2) is 14.7 Å². The molecule has 0 radical (unpaired) electrons. The fourth-order valence-electron chi connectivity index (χ4n) is 1.50. The lowest BCUT2D eigenvalue weighted by Crippen LogP contribution is -2.04. The normalized spacial score (nSPS) is 10.8. The molecule has 0 aliphatic carbocycles. The van der Waals surface area contributed by atoms with E-state index in [2.05, 4.69) is 40.7 Å². The molecule has 0 fully saturated rings. The highest BCUT2D eigenvalue weighted by Crippen LogP contribution is 2.09. The molecule has 0 bridgehead atoms. The molecule has 14 heavy (non-hydrogen) atoms. The van der Waals surface area contributed by atoms with E-state index in [4.69, 9.17) is 4.52 Å². The lowest BCUT2D eigenvalue weighted by molar-refractivity contribution is 0.386.